The minimum absolute atomic E-state index is 0.255. The molecular formula is C29H32F4N4O5. The Bertz CT molecular complexity index is 1370. The molecule has 13 heteroatoms. The third-order valence-electron chi connectivity index (χ3n) is 6.81. The number of hydrogen-bond acceptors (Lipinski definition) is 5. The van der Waals surface area contributed by atoms with Crippen molar-refractivity contribution in [2.24, 2.45) is 0 Å². The van der Waals surface area contributed by atoms with Crippen molar-refractivity contribution in [2.75, 3.05) is 18.0 Å². The minimum Gasteiger partial charge on any atom is -0.444 e. The summed E-state index contributed by atoms with van der Waals surface area (Å²) in [5.74, 6) is -7.58. The number of halogens is 4. The predicted octanol–water partition coefficient (Wildman–Crippen LogP) is 4.00. The normalized spacial score (nSPS) is 19.3. The van der Waals surface area contributed by atoms with Crippen molar-refractivity contribution in [1.82, 2.24) is 15.5 Å². The highest BCUT2D eigenvalue weighted by molar-refractivity contribution is 6.06. The van der Waals surface area contributed by atoms with Crippen molar-refractivity contribution >= 4 is 29.5 Å². The second kappa shape index (κ2) is 11.6. The molecule has 4 rings (SSSR count). The Morgan fingerprint density at radius 2 is 1.71 bits per heavy atom. The smallest absolute Gasteiger partial charge is 0.410 e. The van der Waals surface area contributed by atoms with E-state index in [0.717, 1.165) is 21.9 Å². The number of alkyl halides is 2. The molecule has 2 aliphatic rings. The molecule has 2 fully saturated rings. The molecule has 0 radical (unpaired) electrons. The molecule has 0 bridgehead atoms. The van der Waals surface area contributed by atoms with Crippen LogP contribution in [0.25, 0.3) is 0 Å². The molecule has 1 heterocycles. The lowest BCUT2D eigenvalue weighted by Crippen LogP contribution is -2.63. The fourth-order valence-electron chi connectivity index (χ4n) is 4.93. The van der Waals surface area contributed by atoms with Crippen molar-refractivity contribution in [2.45, 2.75) is 70.2 Å². The molecule has 0 unspecified atom stereocenters. The van der Waals surface area contributed by atoms with Gasteiger partial charge < -0.3 is 15.4 Å². The van der Waals surface area contributed by atoms with Crippen LogP contribution >= 0.6 is 0 Å². The zero-order chi connectivity index (χ0) is 31.0. The standard InChI is InChI=1S/C29H32F4N4O5/c1-16-7-5-6-8-21(16)24(25(39)34-19-12-29(32,33)13-19)37(20-10-17(30)9-18(31)11-20)26(40)22-14-36(15-23(38)35-22)27(41)42-28(2,3)4/h5-11,19,22,24H,12-15H2,1-4H3,(H,34,39)(H,35,38)/t22-,24-/m0/s1. The molecule has 0 aromatic heterocycles. The number of carbonyl (C=O) groups excluding carboxylic acids is 4. The maximum atomic E-state index is 14.5. The molecule has 2 aromatic rings. The van der Waals surface area contributed by atoms with E-state index >= 15 is 0 Å². The number of hydrogen-bond donors (Lipinski definition) is 2. The van der Waals surface area contributed by atoms with Crippen molar-refractivity contribution in [3.8, 4) is 0 Å². The van der Waals surface area contributed by atoms with Crippen LogP contribution in [0, 0.1) is 18.6 Å². The molecule has 2 N–H and O–H groups in total. The monoisotopic (exact) mass is 592 g/mol. The van der Waals surface area contributed by atoms with Gasteiger partial charge in [-0.15, -0.1) is 0 Å². The van der Waals surface area contributed by atoms with Crippen molar-refractivity contribution < 1.29 is 41.5 Å². The lowest BCUT2D eigenvalue weighted by atomic mass is 9.87. The van der Waals surface area contributed by atoms with Crippen LogP contribution < -0.4 is 15.5 Å². The number of piperazine rings is 1. The number of nitrogens with zero attached hydrogens (tertiary/aromatic N) is 2. The summed E-state index contributed by atoms with van der Waals surface area (Å²) in [5.41, 5.74) is -0.481. The summed E-state index contributed by atoms with van der Waals surface area (Å²) >= 11 is 0. The first kappa shape index (κ1) is 30.8. The minimum atomic E-state index is -2.95. The van der Waals surface area contributed by atoms with Gasteiger partial charge in [0, 0.05) is 24.9 Å². The average molecular weight is 593 g/mol. The molecule has 1 aliphatic carbocycles. The van der Waals surface area contributed by atoms with E-state index in [2.05, 4.69) is 10.6 Å². The largest absolute Gasteiger partial charge is 0.444 e. The first-order valence-electron chi connectivity index (χ1n) is 13.3. The fraction of sp³-hybridized carbons (Fsp3) is 0.448. The van der Waals surface area contributed by atoms with Gasteiger partial charge in [-0.3, -0.25) is 24.2 Å². The number of benzene rings is 2. The second-order valence-corrected chi connectivity index (χ2v) is 11.5. The van der Waals surface area contributed by atoms with Gasteiger partial charge in [-0.2, -0.15) is 0 Å². The van der Waals surface area contributed by atoms with Crippen molar-refractivity contribution in [3.05, 3.63) is 65.2 Å². The number of aryl methyl sites for hydroxylation is 1. The molecule has 226 valence electrons. The van der Waals surface area contributed by atoms with Crippen LogP contribution in [0.2, 0.25) is 0 Å². The average Bonchev–Trinajstić information content (AvgIpc) is 2.84. The number of nitrogens with one attached hydrogen (secondary N) is 2. The van der Waals surface area contributed by atoms with Crippen LogP contribution in [0.1, 0.15) is 50.8 Å². The van der Waals surface area contributed by atoms with E-state index < -0.39 is 84.5 Å². The zero-order valence-corrected chi connectivity index (χ0v) is 23.5. The topological polar surface area (TPSA) is 108 Å². The van der Waals surface area contributed by atoms with Gasteiger partial charge >= 0.3 is 6.09 Å². The predicted molar refractivity (Wildman–Crippen MR) is 144 cm³/mol. The van der Waals surface area contributed by atoms with Gasteiger partial charge in [-0.1, -0.05) is 24.3 Å². The molecule has 0 spiro atoms. The number of ether oxygens (including phenoxy) is 1. The summed E-state index contributed by atoms with van der Waals surface area (Å²) in [6.45, 7) is 5.74. The fourth-order valence-corrected chi connectivity index (χ4v) is 4.93. The van der Waals surface area contributed by atoms with Gasteiger partial charge in [0.1, 0.15) is 35.9 Å². The van der Waals surface area contributed by atoms with Gasteiger partial charge in [0.2, 0.25) is 11.8 Å². The lowest BCUT2D eigenvalue weighted by molar-refractivity contribution is -0.135. The van der Waals surface area contributed by atoms with Crippen LogP contribution in [-0.2, 0) is 19.1 Å². The molecule has 42 heavy (non-hydrogen) atoms. The summed E-state index contributed by atoms with van der Waals surface area (Å²) in [7, 11) is 0. The third-order valence-corrected chi connectivity index (χ3v) is 6.81. The SMILES string of the molecule is Cc1ccccc1[C@@H](C(=O)NC1CC(F)(F)C1)N(C(=O)[C@@H]1CN(C(=O)OC(C)(C)C)CC(=O)N1)c1cc(F)cc(F)c1. The second-order valence-electron chi connectivity index (χ2n) is 11.5. The van der Waals surface area contributed by atoms with Gasteiger partial charge in [0.05, 0.1) is 12.2 Å². The van der Waals surface area contributed by atoms with Gasteiger partial charge in [-0.25, -0.2) is 22.4 Å². The summed E-state index contributed by atoms with van der Waals surface area (Å²) < 4.78 is 61.4. The van der Waals surface area contributed by atoms with E-state index in [-0.39, 0.29) is 17.8 Å². The van der Waals surface area contributed by atoms with E-state index in [1.54, 1.807) is 45.9 Å². The van der Waals surface area contributed by atoms with Gasteiger partial charge in [-0.05, 0) is 51.0 Å². The third kappa shape index (κ3) is 7.18. The highest BCUT2D eigenvalue weighted by Crippen LogP contribution is 2.38. The van der Waals surface area contributed by atoms with Crippen LogP contribution in [-0.4, -0.2) is 65.4 Å². The lowest BCUT2D eigenvalue weighted by Gasteiger charge is -2.40. The van der Waals surface area contributed by atoms with E-state index in [1.807, 2.05) is 0 Å². The summed E-state index contributed by atoms with van der Waals surface area (Å²) in [4.78, 5) is 55.2. The summed E-state index contributed by atoms with van der Waals surface area (Å²) in [6, 6.07) is 4.78. The summed E-state index contributed by atoms with van der Waals surface area (Å²) in [5, 5.41) is 5.00. The van der Waals surface area contributed by atoms with E-state index in [0.29, 0.717) is 11.6 Å². The Morgan fingerprint density at radius 1 is 1.10 bits per heavy atom. The van der Waals surface area contributed by atoms with Crippen LogP contribution in [0.3, 0.4) is 0 Å². The van der Waals surface area contributed by atoms with Crippen molar-refractivity contribution in [1.29, 1.82) is 0 Å². The Hall–Kier alpha value is -4.16. The Morgan fingerprint density at radius 3 is 2.29 bits per heavy atom. The highest BCUT2D eigenvalue weighted by Gasteiger charge is 2.48. The molecule has 4 amide bonds. The molecule has 1 saturated carbocycles. The zero-order valence-electron chi connectivity index (χ0n) is 23.5. The van der Waals surface area contributed by atoms with Crippen LogP contribution in [0.15, 0.2) is 42.5 Å². The number of anilines is 1. The maximum absolute atomic E-state index is 14.5. The maximum Gasteiger partial charge on any atom is 0.410 e. The number of rotatable bonds is 6. The summed E-state index contributed by atoms with van der Waals surface area (Å²) in [6.07, 6.45) is -2.08. The van der Waals surface area contributed by atoms with E-state index in [1.165, 1.54) is 6.07 Å². The van der Waals surface area contributed by atoms with Gasteiger partial charge in [0.15, 0.2) is 0 Å². The quantitative estimate of drug-likeness (QED) is 0.494. The molecule has 1 saturated heterocycles. The van der Waals surface area contributed by atoms with Crippen LogP contribution in [0.4, 0.5) is 28.0 Å². The molecule has 2 atom stereocenters. The molecule has 1 aliphatic heterocycles. The molecule has 2 aromatic carbocycles. The Balaban J connectivity index is 1.77. The highest BCUT2D eigenvalue weighted by atomic mass is 19.3. The van der Waals surface area contributed by atoms with E-state index in [4.69, 9.17) is 4.74 Å². The van der Waals surface area contributed by atoms with Crippen molar-refractivity contribution in [3.63, 3.8) is 0 Å². The van der Waals surface area contributed by atoms with Gasteiger partial charge in [0.25, 0.3) is 11.8 Å². The Kier molecular flexibility index (Phi) is 8.51. The molecule has 9 nitrogen and oxygen atoms in total. The Labute approximate surface area is 240 Å². The number of amides is 4. The first-order chi connectivity index (χ1) is 19.5. The molecular weight excluding hydrogens is 560 g/mol. The number of carbonyl (C=O) groups is 4. The van der Waals surface area contributed by atoms with Crippen LogP contribution in [0.5, 0.6) is 0 Å². The van der Waals surface area contributed by atoms with E-state index in [9.17, 15) is 36.7 Å². The first-order valence-corrected chi connectivity index (χ1v) is 13.3.